The molecule has 0 fully saturated rings. The minimum absolute atomic E-state index is 0.0520. The van der Waals surface area contributed by atoms with Crippen molar-refractivity contribution in [1.29, 1.82) is 0 Å². The third-order valence-electron chi connectivity index (χ3n) is 2.55. The number of pyridine rings is 1. The fraction of sp³-hybridized carbons (Fsp3) is 0.0714. The van der Waals surface area contributed by atoms with E-state index in [0.29, 0.717) is 16.5 Å². The Morgan fingerprint density at radius 2 is 2.25 bits per heavy atom. The molecule has 2 rings (SSSR count). The molecule has 0 saturated carbocycles. The van der Waals surface area contributed by atoms with Crippen LogP contribution in [0.25, 0.3) is 10.8 Å². The topological polar surface area (TPSA) is 88.5 Å². The van der Waals surface area contributed by atoms with Crippen LogP contribution in [0.3, 0.4) is 0 Å². The Morgan fingerprint density at radius 3 is 2.95 bits per heavy atom. The molecule has 2 aromatic rings. The Bertz CT molecular complexity index is 682. The van der Waals surface area contributed by atoms with Crippen molar-refractivity contribution in [1.82, 2.24) is 4.98 Å². The van der Waals surface area contributed by atoms with Gasteiger partial charge in [-0.15, -0.1) is 0 Å². The molecular weight excluding hydrogens is 260 g/mol. The number of aromatic carboxylic acids is 1. The van der Waals surface area contributed by atoms with Gasteiger partial charge in [-0.25, -0.2) is 14.6 Å². The van der Waals surface area contributed by atoms with Crippen molar-refractivity contribution in [3.05, 3.63) is 48.8 Å². The molecule has 0 aliphatic carbocycles. The second-order valence-corrected chi connectivity index (χ2v) is 3.91. The normalized spacial score (nSPS) is 10.0. The summed E-state index contributed by atoms with van der Waals surface area (Å²) < 4.78 is 4.82. The van der Waals surface area contributed by atoms with Crippen molar-refractivity contribution >= 4 is 28.5 Å². The van der Waals surface area contributed by atoms with Crippen LogP contribution in [0.2, 0.25) is 0 Å². The van der Waals surface area contributed by atoms with Gasteiger partial charge in [-0.05, 0) is 17.5 Å². The van der Waals surface area contributed by atoms with Crippen molar-refractivity contribution < 1.29 is 19.4 Å². The number of carbonyl (C=O) groups excluding carboxylic acids is 1. The summed E-state index contributed by atoms with van der Waals surface area (Å²) in [5.74, 6) is -1.10. The molecule has 1 amide bonds. The number of carboxylic acid groups (broad SMARTS) is 1. The van der Waals surface area contributed by atoms with Crippen LogP contribution in [-0.4, -0.2) is 28.8 Å². The molecule has 20 heavy (non-hydrogen) atoms. The first-order chi connectivity index (χ1) is 9.61. The average Bonchev–Trinajstić information content (AvgIpc) is 2.44. The van der Waals surface area contributed by atoms with Crippen LogP contribution in [0.1, 0.15) is 10.5 Å². The molecule has 0 atom stereocenters. The Kier molecular flexibility index (Phi) is 3.95. The van der Waals surface area contributed by atoms with E-state index < -0.39 is 12.1 Å². The summed E-state index contributed by atoms with van der Waals surface area (Å²) >= 11 is 0. The van der Waals surface area contributed by atoms with E-state index in [1.54, 1.807) is 18.2 Å². The number of hydrogen-bond donors (Lipinski definition) is 2. The molecule has 0 radical (unpaired) electrons. The second kappa shape index (κ2) is 5.83. The van der Waals surface area contributed by atoms with Gasteiger partial charge in [-0.2, -0.15) is 0 Å². The number of rotatable bonds is 4. The van der Waals surface area contributed by atoms with Gasteiger partial charge in [0, 0.05) is 11.6 Å². The maximum absolute atomic E-state index is 11.5. The zero-order valence-electron chi connectivity index (χ0n) is 10.5. The van der Waals surface area contributed by atoms with Gasteiger partial charge in [-0.1, -0.05) is 24.8 Å². The standard InChI is InChI=1S/C14H12N2O4/c1-2-6-20-14(19)16-11-5-3-4-9-7-12(13(17)18)15-8-10(9)11/h2-5,7-8H,1,6H2,(H,16,19)(H,17,18). The molecule has 2 N–H and O–H groups in total. The molecule has 0 saturated heterocycles. The number of anilines is 1. The van der Waals surface area contributed by atoms with E-state index in [9.17, 15) is 9.59 Å². The van der Waals surface area contributed by atoms with Crippen molar-refractivity contribution in [2.45, 2.75) is 0 Å². The van der Waals surface area contributed by atoms with Gasteiger partial charge >= 0.3 is 12.1 Å². The molecule has 1 heterocycles. The summed E-state index contributed by atoms with van der Waals surface area (Å²) in [7, 11) is 0. The first-order valence-corrected chi connectivity index (χ1v) is 5.78. The maximum Gasteiger partial charge on any atom is 0.411 e. The third kappa shape index (κ3) is 2.92. The quantitative estimate of drug-likeness (QED) is 0.835. The summed E-state index contributed by atoms with van der Waals surface area (Å²) in [6.07, 6.45) is 2.25. The molecule has 6 nitrogen and oxygen atoms in total. The van der Waals surface area contributed by atoms with Crippen LogP contribution in [0.4, 0.5) is 10.5 Å². The highest BCUT2D eigenvalue weighted by Gasteiger charge is 2.09. The van der Waals surface area contributed by atoms with E-state index in [1.165, 1.54) is 18.3 Å². The number of benzene rings is 1. The fourth-order valence-corrected chi connectivity index (χ4v) is 1.68. The van der Waals surface area contributed by atoms with Gasteiger partial charge in [0.05, 0.1) is 5.69 Å². The Balaban J connectivity index is 2.32. The first kappa shape index (κ1) is 13.5. The molecule has 0 unspecified atom stereocenters. The van der Waals surface area contributed by atoms with Gasteiger partial charge in [0.2, 0.25) is 0 Å². The summed E-state index contributed by atoms with van der Waals surface area (Å²) in [4.78, 5) is 26.2. The molecule has 0 aliphatic rings. The van der Waals surface area contributed by atoms with Crippen LogP contribution < -0.4 is 5.32 Å². The van der Waals surface area contributed by atoms with E-state index in [1.807, 2.05) is 0 Å². The van der Waals surface area contributed by atoms with Crippen LogP contribution in [0, 0.1) is 0 Å². The van der Waals surface area contributed by atoms with Crippen LogP contribution in [-0.2, 0) is 4.74 Å². The average molecular weight is 272 g/mol. The van der Waals surface area contributed by atoms with Gasteiger partial charge in [-0.3, -0.25) is 5.32 Å². The summed E-state index contributed by atoms with van der Waals surface area (Å²) in [5, 5.41) is 12.8. The van der Waals surface area contributed by atoms with E-state index in [0.717, 1.165) is 0 Å². The number of carboxylic acids is 1. The second-order valence-electron chi connectivity index (χ2n) is 3.91. The van der Waals surface area contributed by atoms with Gasteiger partial charge < -0.3 is 9.84 Å². The number of hydrogen-bond acceptors (Lipinski definition) is 4. The summed E-state index contributed by atoms with van der Waals surface area (Å²) in [5.41, 5.74) is 0.449. The molecule has 6 heteroatoms. The van der Waals surface area contributed by atoms with Crippen molar-refractivity contribution in [2.24, 2.45) is 0 Å². The first-order valence-electron chi connectivity index (χ1n) is 5.78. The number of ether oxygens (including phenoxy) is 1. The molecule has 0 aliphatic heterocycles. The molecular formula is C14H12N2O4. The van der Waals surface area contributed by atoms with Gasteiger partial charge in [0.25, 0.3) is 0 Å². The van der Waals surface area contributed by atoms with Crippen LogP contribution >= 0.6 is 0 Å². The number of nitrogens with one attached hydrogen (secondary N) is 1. The third-order valence-corrected chi connectivity index (χ3v) is 2.55. The minimum Gasteiger partial charge on any atom is -0.477 e. The lowest BCUT2D eigenvalue weighted by Gasteiger charge is -2.08. The smallest absolute Gasteiger partial charge is 0.411 e. The highest BCUT2D eigenvalue weighted by atomic mass is 16.5. The van der Waals surface area contributed by atoms with Crippen molar-refractivity contribution in [3.63, 3.8) is 0 Å². The Morgan fingerprint density at radius 1 is 1.45 bits per heavy atom. The van der Waals surface area contributed by atoms with E-state index in [2.05, 4.69) is 16.9 Å². The largest absolute Gasteiger partial charge is 0.477 e. The number of amides is 1. The fourth-order valence-electron chi connectivity index (χ4n) is 1.68. The lowest BCUT2D eigenvalue weighted by atomic mass is 10.1. The van der Waals surface area contributed by atoms with E-state index in [-0.39, 0.29) is 12.3 Å². The molecule has 0 spiro atoms. The predicted molar refractivity (Wildman–Crippen MR) is 73.9 cm³/mol. The molecule has 102 valence electrons. The van der Waals surface area contributed by atoms with Gasteiger partial charge in [0.1, 0.15) is 12.3 Å². The van der Waals surface area contributed by atoms with Crippen molar-refractivity contribution in [3.8, 4) is 0 Å². The number of nitrogens with zero attached hydrogens (tertiary/aromatic N) is 1. The lowest BCUT2D eigenvalue weighted by molar-refractivity contribution is 0.0690. The highest BCUT2D eigenvalue weighted by molar-refractivity contribution is 6.01. The Labute approximate surface area is 114 Å². The van der Waals surface area contributed by atoms with Gasteiger partial charge in [0.15, 0.2) is 0 Å². The van der Waals surface area contributed by atoms with E-state index in [4.69, 9.17) is 9.84 Å². The summed E-state index contributed by atoms with van der Waals surface area (Å²) in [6, 6.07) is 6.57. The lowest BCUT2D eigenvalue weighted by Crippen LogP contribution is -2.13. The van der Waals surface area contributed by atoms with E-state index >= 15 is 0 Å². The van der Waals surface area contributed by atoms with Crippen LogP contribution in [0.5, 0.6) is 0 Å². The number of aromatic nitrogens is 1. The molecule has 1 aromatic carbocycles. The van der Waals surface area contributed by atoms with Crippen molar-refractivity contribution in [2.75, 3.05) is 11.9 Å². The Hall–Kier alpha value is -2.89. The SMILES string of the molecule is C=CCOC(=O)Nc1cccc2cc(C(=O)O)ncc12. The maximum atomic E-state index is 11.5. The zero-order chi connectivity index (χ0) is 14.5. The minimum atomic E-state index is -1.10. The highest BCUT2D eigenvalue weighted by Crippen LogP contribution is 2.23. The summed E-state index contributed by atoms with van der Waals surface area (Å²) in [6.45, 7) is 3.55. The molecule has 0 bridgehead atoms. The number of carbonyl (C=O) groups is 2. The monoisotopic (exact) mass is 272 g/mol. The predicted octanol–water partition coefficient (Wildman–Crippen LogP) is 2.67. The van der Waals surface area contributed by atoms with Crippen LogP contribution in [0.15, 0.2) is 43.1 Å². The zero-order valence-corrected chi connectivity index (χ0v) is 10.5. The number of fused-ring (bicyclic) bond motifs is 1. The molecule has 1 aromatic heterocycles.